The van der Waals surface area contributed by atoms with Gasteiger partial charge in [-0.25, -0.2) is 4.79 Å². The fourth-order valence-corrected chi connectivity index (χ4v) is 1.94. The SMILES string of the molecule is CCOC(=O)c1ccc2oc(C)c(OCC)c(=O)c2c1. The lowest BCUT2D eigenvalue weighted by molar-refractivity contribution is 0.0526. The van der Waals surface area contributed by atoms with Gasteiger partial charge in [0.1, 0.15) is 11.3 Å². The molecular formula is C15H16O5. The van der Waals surface area contributed by atoms with Gasteiger partial charge in [0.2, 0.25) is 11.2 Å². The average molecular weight is 276 g/mol. The molecule has 0 aliphatic heterocycles. The summed E-state index contributed by atoms with van der Waals surface area (Å²) in [6.07, 6.45) is 0. The molecule has 0 radical (unpaired) electrons. The van der Waals surface area contributed by atoms with Crippen molar-refractivity contribution < 1.29 is 18.7 Å². The largest absolute Gasteiger partial charge is 0.487 e. The first-order valence-corrected chi connectivity index (χ1v) is 6.45. The molecule has 0 spiro atoms. The number of hydrogen-bond acceptors (Lipinski definition) is 5. The quantitative estimate of drug-likeness (QED) is 0.803. The molecule has 2 aromatic rings. The summed E-state index contributed by atoms with van der Waals surface area (Å²) in [6.45, 7) is 5.84. The maximum absolute atomic E-state index is 12.3. The van der Waals surface area contributed by atoms with Crippen molar-refractivity contribution >= 4 is 16.9 Å². The van der Waals surface area contributed by atoms with Crippen LogP contribution in [0.25, 0.3) is 11.0 Å². The molecule has 106 valence electrons. The van der Waals surface area contributed by atoms with E-state index in [1.165, 1.54) is 6.07 Å². The highest BCUT2D eigenvalue weighted by molar-refractivity contribution is 5.94. The third-order valence-electron chi connectivity index (χ3n) is 2.81. The molecule has 1 aromatic carbocycles. The maximum Gasteiger partial charge on any atom is 0.338 e. The molecule has 0 aliphatic rings. The highest BCUT2D eigenvalue weighted by atomic mass is 16.5. The Morgan fingerprint density at radius 3 is 2.65 bits per heavy atom. The van der Waals surface area contributed by atoms with Gasteiger partial charge in [-0.3, -0.25) is 4.79 Å². The molecule has 0 unspecified atom stereocenters. The van der Waals surface area contributed by atoms with Gasteiger partial charge in [0.15, 0.2) is 0 Å². The predicted octanol–water partition coefficient (Wildman–Crippen LogP) is 2.68. The van der Waals surface area contributed by atoms with Crippen LogP contribution in [-0.2, 0) is 4.74 Å². The van der Waals surface area contributed by atoms with Crippen molar-refractivity contribution in [2.75, 3.05) is 13.2 Å². The van der Waals surface area contributed by atoms with Crippen LogP contribution < -0.4 is 10.2 Å². The molecule has 0 aliphatic carbocycles. The van der Waals surface area contributed by atoms with Crippen molar-refractivity contribution in [2.24, 2.45) is 0 Å². The second-order valence-electron chi connectivity index (χ2n) is 4.18. The van der Waals surface area contributed by atoms with Gasteiger partial charge < -0.3 is 13.9 Å². The van der Waals surface area contributed by atoms with E-state index in [2.05, 4.69) is 0 Å². The number of carbonyl (C=O) groups is 1. The smallest absolute Gasteiger partial charge is 0.338 e. The number of rotatable bonds is 4. The third-order valence-corrected chi connectivity index (χ3v) is 2.81. The normalized spacial score (nSPS) is 10.6. The number of hydrogen-bond donors (Lipinski definition) is 0. The van der Waals surface area contributed by atoms with Crippen LogP contribution in [0.1, 0.15) is 30.0 Å². The molecule has 1 heterocycles. The summed E-state index contributed by atoms with van der Waals surface area (Å²) in [7, 11) is 0. The summed E-state index contributed by atoms with van der Waals surface area (Å²) in [5.41, 5.74) is 0.457. The van der Waals surface area contributed by atoms with Gasteiger partial charge in [-0.15, -0.1) is 0 Å². The Morgan fingerprint density at radius 2 is 2.00 bits per heavy atom. The molecule has 0 saturated heterocycles. The van der Waals surface area contributed by atoms with Gasteiger partial charge in [-0.1, -0.05) is 0 Å². The minimum atomic E-state index is -0.465. The van der Waals surface area contributed by atoms with E-state index in [0.29, 0.717) is 28.9 Å². The van der Waals surface area contributed by atoms with Gasteiger partial charge >= 0.3 is 5.97 Å². The van der Waals surface area contributed by atoms with Crippen molar-refractivity contribution in [1.29, 1.82) is 0 Å². The third kappa shape index (κ3) is 2.52. The topological polar surface area (TPSA) is 65.7 Å². The van der Waals surface area contributed by atoms with E-state index in [1.54, 1.807) is 32.9 Å². The molecule has 1 aromatic heterocycles. The summed E-state index contributed by atoms with van der Waals surface area (Å²) in [6, 6.07) is 4.63. The summed E-state index contributed by atoms with van der Waals surface area (Å²) in [4.78, 5) is 24.0. The number of fused-ring (bicyclic) bond motifs is 1. The Balaban J connectivity index is 2.61. The lowest BCUT2D eigenvalue weighted by atomic mass is 10.1. The van der Waals surface area contributed by atoms with E-state index < -0.39 is 5.97 Å². The Bertz CT molecular complexity index is 699. The lowest BCUT2D eigenvalue weighted by Crippen LogP contribution is -2.11. The molecule has 2 rings (SSSR count). The second-order valence-corrected chi connectivity index (χ2v) is 4.18. The maximum atomic E-state index is 12.3. The number of esters is 1. The number of carbonyl (C=O) groups excluding carboxylic acids is 1. The van der Waals surface area contributed by atoms with E-state index in [-0.39, 0.29) is 17.8 Å². The monoisotopic (exact) mass is 276 g/mol. The number of benzene rings is 1. The molecule has 0 fully saturated rings. The zero-order valence-corrected chi connectivity index (χ0v) is 11.7. The average Bonchev–Trinajstić information content (AvgIpc) is 2.43. The van der Waals surface area contributed by atoms with Crippen LogP contribution in [0.2, 0.25) is 0 Å². The van der Waals surface area contributed by atoms with Crippen molar-refractivity contribution in [3.63, 3.8) is 0 Å². The van der Waals surface area contributed by atoms with Gasteiger partial charge in [0.05, 0.1) is 24.2 Å². The molecule has 0 N–H and O–H groups in total. The first-order valence-electron chi connectivity index (χ1n) is 6.45. The van der Waals surface area contributed by atoms with Crippen LogP contribution in [0.4, 0.5) is 0 Å². The van der Waals surface area contributed by atoms with Crippen LogP contribution in [0.5, 0.6) is 5.75 Å². The molecule has 0 atom stereocenters. The molecule has 0 bridgehead atoms. The Kier molecular flexibility index (Phi) is 4.08. The standard InChI is InChI=1S/C15H16O5/c1-4-18-14-9(3)20-12-7-6-10(15(17)19-5-2)8-11(12)13(14)16/h6-8H,4-5H2,1-3H3. The van der Waals surface area contributed by atoms with Crippen molar-refractivity contribution in [2.45, 2.75) is 20.8 Å². The summed E-state index contributed by atoms with van der Waals surface area (Å²) in [5.74, 6) is 0.140. The van der Waals surface area contributed by atoms with E-state index in [4.69, 9.17) is 13.9 Å². The molecule has 20 heavy (non-hydrogen) atoms. The van der Waals surface area contributed by atoms with Crippen LogP contribution in [0, 0.1) is 6.92 Å². The Labute approximate surface area is 116 Å². The van der Waals surface area contributed by atoms with Gasteiger partial charge in [0, 0.05) is 0 Å². The summed E-state index contributed by atoms with van der Waals surface area (Å²) >= 11 is 0. The highest BCUT2D eigenvalue weighted by Gasteiger charge is 2.15. The van der Waals surface area contributed by atoms with Crippen molar-refractivity contribution in [3.05, 3.63) is 39.7 Å². The summed E-state index contributed by atoms with van der Waals surface area (Å²) < 4.78 is 15.8. The predicted molar refractivity (Wildman–Crippen MR) is 74.3 cm³/mol. The summed E-state index contributed by atoms with van der Waals surface area (Å²) in [5, 5.41) is 0.310. The molecule has 0 amide bonds. The molecule has 0 saturated carbocycles. The zero-order chi connectivity index (χ0) is 14.7. The first kappa shape index (κ1) is 14.1. The van der Waals surface area contributed by atoms with E-state index in [0.717, 1.165) is 0 Å². The Hall–Kier alpha value is -2.30. The van der Waals surface area contributed by atoms with Crippen molar-refractivity contribution in [1.82, 2.24) is 0 Å². The van der Waals surface area contributed by atoms with Crippen molar-refractivity contribution in [3.8, 4) is 5.75 Å². The molecule has 5 nitrogen and oxygen atoms in total. The van der Waals surface area contributed by atoms with Gasteiger partial charge in [0.25, 0.3) is 0 Å². The van der Waals surface area contributed by atoms with Crippen LogP contribution in [0.15, 0.2) is 27.4 Å². The van der Waals surface area contributed by atoms with Crippen LogP contribution in [-0.4, -0.2) is 19.2 Å². The number of ether oxygens (including phenoxy) is 2. The fourth-order valence-electron chi connectivity index (χ4n) is 1.94. The zero-order valence-electron chi connectivity index (χ0n) is 11.7. The number of aryl methyl sites for hydroxylation is 1. The Morgan fingerprint density at radius 1 is 1.25 bits per heavy atom. The first-order chi connectivity index (χ1) is 9.58. The minimum absolute atomic E-state index is 0.181. The van der Waals surface area contributed by atoms with Gasteiger partial charge in [-0.05, 0) is 39.0 Å². The second kappa shape index (κ2) is 5.77. The van der Waals surface area contributed by atoms with E-state index in [1.807, 2.05) is 0 Å². The van der Waals surface area contributed by atoms with Gasteiger partial charge in [-0.2, -0.15) is 0 Å². The molecule has 5 heteroatoms. The van der Waals surface area contributed by atoms with E-state index in [9.17, 15) is 9.59 Å². The lowest BCUT2D eigenvalue weighted by Gasteiger charge is -2.08. The van der Waals surface area contributed by atoms with E-state index >= 15 is 0 Å². The van der Waals surface area contributed by atoms with Crippen LogP contribution >= 0.6 is 0 Å². The minimum Gasteiger partial charge on any atom is -0.487 e. The van der Waals surface area contributed by atoms with Crippen LogP contribution in [0.3, 0.4) is 0 Å². The molecular weight excluding hydrogens is 260 g/mol. The highest BCUT2D eigenvalue weighted by Crippen LogP contribution is 2.21. The fraction of sp³-hybridized carbons (Fsp3) is 0.333.